The molecule has 1 atom stereocenters. The van der Waals surface area contributed by atoms with E-state index in [1.54, 1.807) is 0 Å². The van der Waals surface area contributed by atoms with E-state index in [0.717, 1.165) is 38.8 Å². The van der Waals surface area contributed by atoms with Gasteiger partial charge < -0.3 is 10.6 Å². The van der Waals surface area contributed by atoms with Crippen LogP contribution in [0.5, 0.6) is 0 Å². The standard InChI is InChI=1S/C16H22N2O.ClH/c17-11-13-7-10-18(12-13)15(19)16(8-4-9-16)14-5-2-1-3-6-14;/h1-3,5-6,13H,4,7-12,17H2;1H. The molecule has 1 heterocycles. The monoisotopic (exact) mass is 294 g/mol. The van der Waals surface area contributed by atoms with Crippen molar-refractivity contribution in [2.24, 2.45) is 11.7 Å². The van der Waals surface area contributed by atoms with Gasteiger partial charge >= 0.3 is 0 Å². The van der Waals surface area contributed by atoms with E-state index in [9.17, 15) is 4.79 Å². The number of nitrogens with zero attached hydrogens (tertiary/aromatic N) is 1. The normalized spacial score (nSPS) is 23.9. The Kier molecular flexibility index (Phi) is 4.71. The maximum Gasteiger partial charge on any atom is 0.233 e. The fourth-order valence-corrected chi connectivity index (χ4v) is 3.43. The minimum atomic E-state index is -0.231. The number of hydrogen-bond acceptors (Lipinski definition) is 2. The van der Waals surface area contributed by atoms with Gasteiger partial charge in [-0.3, -0.25) is 4.79 Å². The zero-order valence-electron chi connectivity index (χ0n) is 11.8. The van der Waals surface area contributed by atoms with Gasteiger partial charge in [-0.05, 0) is 37.3 Å². The molecule has 0 aromatic heterocycles. The number of carbonyl (C=O) groups is 1. The summed E-state index contributed by atoms with van der Waals surface area (Å²) in [5, 5.41) is 0. The first-order valence-corrected chi connectivity index (χ1v) is 7.31. The van der Waals surface area contributed by atoms with Crippen molar-refractivity contribution in [1.29, 1.82) is 0 Å². The molecular formula is C16H23ClN2O. The van der Waals surface area contributed by atoms with Crippen molar-refractivity contribution in [1.82, 2.24) is 4.90 Å². The highest BCUT2D eigenvalue weighted by atomic mass is 35.5. The second kappa shape index (κ2) is 6.15. The second-order valence-electron chi connectivity index (χ2n) is 5.94. The molecule has 1 saturated carbocycles. The van der Waals surface area contributed by atoms with Gasteiger partial charge in [-0.25, -0.2) is 0 Å². The third kappa shape index (κ3) is 2.45. The number of hydrogen-bond donors (Lipinski definition) is 1. The summed E-state index contributed by atoms with van der Waals surface area (Å²) in [6.45, 7) is 2.43. The van der Waals surface area contributed by atoms with Crippen molar-refractivity contribution in [3.8, 4) is 0 Å². The summed E-state index contributed by atoms with van der Waals surface area (Å²) >= 11 is 0. The SMILES string of the molecule is Cl.NCC1CCN(C(=O)C2(c3ccccc3)CCC2)C1. The number of nitrogens with two attached hydrogens (primary N) is 1. The van der Waals surface area contributed by atoms with Crippen LogP contribution in [-0.4, -0.2) is 30.4 Å². The minimum absolute atomic E-state index is 0. The van der Waals surface area contributed by atoms with E-state index in [-0.39, 0.29) is 17.8 Å². The fraction of sp³-hybridized carbons (Fsp3) is 0.562. The zero-order chi connectivity index (χ0) is 13.3. The van der Waals surface area contributed by atoms with E-state index < -0.39 is 0 Å². The molecule has 0 spiro atoms. The van der Waals surface area contributed by atoms with Crippen molar-refractivity contribution in [2.75, 3.05) is 19.6 Å². The Morgan fingerprint density at radius 3 is 2.50 bits per heavy atom. The van der Waals surface area contributed by atoms with Gasteiger partial charge in [0.15, 0.2) is 0 Å². The van der Waals surface area contributed by atoms with Gasteiger partial charge in [0.05, 0.1) is 5.41 Å². The van der Waals surface area contributed by atoms with E-state index in [0.29, 0.717) is 18.4 Å². The number of likely N-dealkylation sites (tertiary alicyclic amines) is 1. The van der Waals surface area contributed by atoms with Crippen molar-refractivity contribution in [2.45, 2.75) is 31.1 Å². The molecule has 0 radical (unpaired) electrons. The van der Waals surface area contributed by atoms with Gasteiger partial charge in [-0.2, -0.15) is 0 Å². The van der Waals surface area contributed by atoms with E-state index >= 15 is 0 Å². The molecule has 1 aliphatic carbocycles. The number of halogens is 1. The second-order valence-corrected chi connectivity index (χ2v) is 5.94. The lowest BCUT2D eigenvalue weighted by atomic mass is 9.63. The van der Waals surface area contributed by atoms with Crippen molar-refractivity contribution in [3.63, 3.8) is 0 Å². The van der Waals surface area contributed by atoms with Crippen LogP contribution in [0.15, 0.2) is 30.3 Å². The third-order valence-electron chi connectivity index (χ3n) is 4.85. The average molecular weight is 295 g/mol. The Morgan fingerprint density at radius 1 is 1.30 bits per heavy atom. The quantitative estimate of drug-likeness (QED) is 0.930. The van der Waals surface area contributed by atoms with Gasteiger partial charge in [0, 0.05) is 13.1 Å². The molecule has 110 valence electrons. The van der Waals surface area contributed by atoms with Crippen LogP contribution in [0.1, 0.15) is 31.2 Å². The molecule has 1 amide bonds. The maximum absolute atomic E-state index is 12.9. The smallest absolute Gasteiger partial charge is 0.233 e. The van der Waals surface area contributed by atoms with Gasteiger partial charge in [-0.1, -0.05) is 36.8 Å². The summed E-state index contributed by atoms with van der Waals surface area (Å²) in [7, 11) is 0. The number of amides is 1. The molecule has 2 N–H and O–H groups in total. The highest BCUT2D eigenvalue weighted by Crippen LogP contribution is 2.45. The molecule has 1 aliphatic heterocycles. The van der Waals surface area contributed by atoms with Crippen molar-refractivity contribution < 1.29 is 4.79 Å². The third-order valence-corrected chi connectivity index (χ3v) is 4.85. The minimum Gasteiger partial charge on any atom is -0.342 e. The Labute approximate surface area is 126 Å². The molecule has 0 bridgehead atoms. The van der Waals surface area contributed by atoms with Gasteiger partial charge in [0.1, 0.15) is 0 Å². The highest BCUT2D eigenvalue weighted by molar-refractivity contribution is 5.89. The van der Waals surface area contributed by atoms with E-state index in [1.807, 2.05) is 23.1 Å². The molecule has 20 heavy (non-hydrogen) atoms. The molecule has 1 unspecified atom stereocenters. The molecule has 1 aromatic carbocycles. The molecule has 1 aromatic rings. The summed E-state index contributed by atoms with van der Waals surface area (Å²) in [6.07, 6.45) is 4.22. The molecule has 3 rings (SSSR count). The van der Waals surface area contributed by atoms with Gasteiger partial charge in [-0.15, -0.1) is 12.4 Å². The van der Waals surface area contributed by atoms with Crippen LogP contribution < -0.4 is 5.73 Å². The number of carbonyl (C=O) groups excluding carboxylic acids is 1. The van der Waals surface area contributed by atoms with Gasteiger partial charge in [0.2, 0.25) is 5.91 Å². The fourth-order valence-electron chi connectivity index (χ4n) is 3.43. The molecule has 3 nitrogen and oxygen atoms in total. The Morgan fingerprint density at radius 2 is 2.00 bits per heavy atom. The van der Waals surface area contributed by atoms with E-state index in [2.05, 4.69) is 12.1 Å². The van der Waals surface area contributed by atoms with E-state index in [1.165, 1.54) is 5.56 Å². The maximum atomic E-state index is 12.9. The zero-order valence-corrected chi connectivity index (χ0v) is 12.6. The summed E-state index contributed by atoms with van der Waals surface area (Å²) in [5.74, 6) is 0.831. The van der Waals surface area contributed by atoms with Crippen molar-refractivity contribution >= 4 is 18.3 Å². The van der Waals surface area contributed by atoms with Crippen LogP contribution in [0.4, 0.5) is 0 Å². The number of rotatable bonds is 3. The summed E-state index contributed by atoms with van der Waals surface area (Å²) in [6, 6.07) is 10.3. The predicted octanol–water partition coefficient (Wildman–Crippen LogP) is 2.34. The Balaban J connectivity index is 0.00000147. The molecule has 1 saturated heterocycles. The number of benzene rings is 1. The predicted molar refractivity (Wildman–Crippen MR) is 83.0 cm³/mol. The van der Waals surface area contributed by atoms with Crippen molar-refractivity contribution in [3.05, 3.63) is 35.9 Å². The molecule has 2 aliphatic rings. The topological polar surface area (TPSA) is 46.3 Å². The average Bonchev–Trinajstić information content (AvgIpc) is 2.87. The van der Waals surface area contributed by atoms with E-state index in [4.69, 9.17) is 5.73 Å². The highest BCUT2D eigenvalue weighted by Gasteiger charge is 2.48. The molecule has 4 heteroatoms. The Hall–Kier alpha value is -1.06. The lowest BCUT2D eigenvalue weighted by molar-refractivity contribution is -0.140. The van der Waals surface area contributed by atoms with Crippen LogP contribution >= 0.6 is 12.4 Å². The van der Waals surface area contributed by atoms with Crippen LogP contribution in [0.25, 0.3) is 0 Å². The lowest BCUT2D eigenvalue weighted by Crippen LogP contribution is -2.50. The summed E-state index contributed by atoms with van der Waals surface area (Å²) in [4.78, 5) is 14.9. The summed E-state index contributed by atoms with van der Waals surface area (Å²) < 4.78 is 0. The summed E-state index contributed by atoms with van der Waals surface area (Å²) in [5.41, 5.74) is 6.69. The largest absolute Gasteiger partial charge is 0.342 e. The molecule has 2 fully saturated rings. The van der Waals surface area contributed by atoms with Crippen LogP contribution in [-0.2, 0) is 10.2 Å². The lowest BCUT2D eigenvalue weighted by Gasteiger charge is -2.43. The van der Waals surface area contributed by atoms with Gasteiger partial charge in [0.25, 0.3) is 0 Å². The van der Waals surface area contributed by atoms with Crippen LogP contribution in [0, 0.1) is 5.92 Å². The van der Waals surface area contributed by atoms with Crippen LogP contribution in [0.2, 0.25) is 0 Å². The van der Waals surface area contributed by atoms with Crippen LogP contribution in [0.3, 0.4) is 0 Å². The molecular weight excluding hydrogens is 272 g/mol. The first-order valence-electron chi connectivity index (χ1n) is 7.31. The first kappa shape index (κ1) is 15.3. The Bertz CT molecular complexity index is 459. The first-order chi connectivity index (χ1) is 9.26.